The monoisotopic (exact) mass is 472 g/mol. The molecular formula is C29H42FO2P. The molecule has 0 heterocycles. The van der Waals surface area contributed by atoms with E-state index in [0.717, 1.165) is 54.8 Å². The van der Waals surface area contributed by atoms with Gasteiger partial charge in [0.25, 0.3) is 0 Å². The normalized spacial score (nSPS) is 14.6. The van der Waals surface area contributed by atoms with Crippen molar-refractivity contribution in [1.29, 1.82) is 0 Å². The van der Waals surface area contributed by atoms with Crippen molar-refractivity contribution in [2.24, 2.45) is 0 Å². The van der Waals surface area contributed by atoms with Crippen molar-refractivity contribution in [3.63, 3.8) is 0 Å². The molecule has 2 nitrogen and oxygen atoms in total. The Bertz CT molecular complexity index is 969. The van der Waals surface area contributed by atoms with Crippen molar-refractivity contribution in [2.45, 2.75) is 103 Å². The van der Waals surface area contributed by atoms with Gasteiger partial charge in [0.05, 0.1) is 0 Å². The predicted molar refractivity (Wildman–Crippen MR) is 141 cm³/mol. The maximum Gasteiger partial charge on any atom is 0.150 e. The highest BCUT2D eigenvalue weighted by molar-refractivity contribution is 7.48. The van der Waals surface area contributed by atoms with Crippen LogP contribution in [0, 0.1) is 5.82 Å². The minimum atomic E-state index is -0.397. The molecule has 2 atom stereocenters. The molecule has 0 saturated carbocycles. The molecule has 1 N–H and O–H groups in total. The van der Waals surface area contributed by atoms with Crippen LogP contribution in [-0.4, -0.2) is 11.4 Å². The first kappa shape index (κ1) is 27.5. The third-order valence-corrected chi connectivity index (χ3v) is 8.70. The number of unbranched alkanes of at least 4 members (excludes halogenated alkanes) is 2. The highest BCUT2D eigenvalue weighted by Crippen LogP contribution is 2.53. The molecule has 0 radical (unpaired) electrons. The molecule has 0 bridgehead atoms. The third kappa shape index (κ3) is 6.44. The minimum absolute atomic E-state index is 0.0711. The first-order valence-corrected chi connectivity index (χ1v) is 13.2. The number of halogens is 1. The van der Waals surface area contributed by atoms with Crippen LogP contribution < -0.4 is 5.30 Å². The summed E-state index contributed by atoms with van der Waals surface area (Å²) in [5.41, 5.74) is 3.25. The van der Waals surface area contributed by atoms with Crippen LogP contribution in [0.15, 0.2) is 30.3 Å². The number of hydrogen-bond acceptors (Lipinski definition) is 2. The molecule has 0 fully saturated rings. The summed E-state index contributed by atoms with van der Waals surface area (Å²) in [5, 5.41) is 12.2. The van der Waals surface area contributed by atoms with E-state index in [1.807, 2.05) is 0 Å². The highest BCUT2D eigenvalue weighted by Gasteiger charge is 2.37. The van der Waals surface area contributed by atoms with Crippen LogP contribution in [0.2, 0.25) is 0 Å². The molecule has 0 aliphatic carbocycles. The molecule has 33 heavy (non-hydrogen) atoms. The number of benzene rings is 2. The van der Waals surface area contributed by atoms with Crippen LogP contribution in [0.25, 0.3) is 0 Å². The number of phenols is 1. The van der Waals surface area contributed by atoms with Crippen LogP contribution in [0.5, 0.6) is 5.75 Å². The van der Waals surface area contributed by atoms with E-state index in [2.05, 4.69) is 67.5 Å². The molecule has 2 unspecified atom stereocenters. The molecular weight excluding hydrogens is 430 g/mol. The van der Waals surface area contributed by atoms with Gasteiger partial charge in [0.2, 0.25) is 0 Å². The van der Waals surface area contributed by atoms with E-state index in [4.69, 9.17) is 0 Å². The second-order valence-corrected chi connectivity index (χ2v) is 13.0. The van der Waals surface area contributed by atoms with E-state index in [-0.39, 0.29) is 24.6 Å². The van der Waals surface area contributed by atoms with Gasteiger partial charge in [0, 0.05) is 16.3 Å². The van der Waals surface area contributed by atoms with Gasteiger partial charge >= 0.3 is 0 Å². The Kier molecular flexibility index (Phi) is 8.91. The number of aldehydes is 1. The molecule has 4 heteroatoms. The lowest BCUT2D eigenvalue weighted by Gasteiger charge is -2.38. The van der Waals surface area contributed by atoms with E-state index < -0.39 is 5.82 Å². The van der Waals surface area contributed by atoms with Crippen molar-refractivity contribution in [2.75, 3.05) is 0 Å². The summed E-state index contributed by atoms with van der Waals surface area (Å²) >= 11 is 0. The Balaban J connectivity index is 2.82. The van der Waals surface area contributed by atoms with Crippen LogP contribution in [0.1, 0.15) is 115 Å². The number of carbonyl (C=O) groups is 1. The van der Waals surface area contributed by atoms with Gasteiger partial charge in [-0.15, -0.1) is 0 Å². The summed E-state index contributed by atoms with van der Waals surface area (Å²) in [6, 6.07) is 8.86. The summed E-state index contributed by atoms with van der Waals surface area (Å²) < 4.78 is 13.9. The molecule has 182 valence electrons. The Morgan fingerprint density at radius 2 is 1.58 bits per heavy atom. The fraction of sp³-hybridized carbons (Fsp3) is 0.552. The zero-order valence-electron chi connectivity index (χ0n) is 21.7. The second kappa shape index (κ2) is 10.7. The van der Waals surface area contributed by atoms with E-state index in [1.54, 1.807) is 6.07 Å². The summed E-state index contributed by atoms with van der Waals surface area (Å²) in [4.78, 5) is 11.8. The lowest BCUT2D eigenvalue weighted by atomic mass is 9.76. The molecule has 2 aromatic carbocycles. The highest BCUT2D eigenvalue weighted by atomic mass is 31.1. The van der Waals surface area contributed by atoms with E-state index in [0.29, 0.717) is 11.3 Å². The third-order valence-electron chi connectivity index (χ3n) is 6.62. The first-order valence-electron chi connectivity index (χ1n) is 12.2. The van der Waals surface area contributed by atoms with Gasteiger partial charge in [-0.25, -0.2) is 4.39 Å². The van der Waals surface area contributed by atoms with Gasteiger partial charge in [-0.05, 0) is 52.2 Å². The molecule has 2 rings (SSSR count). The van der Waals surface area contributed by atoms with Crippen molar-refractivity contribution in [1.82, 2.24) is 0 Å². The van der Waals surface area contributed by atoms with Crippen molar-refractivity contribution in [3.8, 4) is 5.75 Å². The summed E-state index contributed by atoms with van der Waals surface area (Å²) in [7, 11) is 0.255. The molecule has 0 aliphatic heterocycles. The number of aromatic hydroxyl groups is 1. The van der Waals surface area contributed by atoms with Gasteiger partial charge in [0.15, 0.2) is 6.29 Å². The van der Waals surface area contributed by atoms with Crippen molar-refractivity contribution in [3.05, 3.63) is 58.4 Å². The zero-order valence-corrected chi connectivity index (χ0v) is 22.7. The summed E-state index contributed by atoms with van der Waals surface area (Å²) in [6.45, 7) is 17.4. The van der Waals surface area contributed by atoms with E-state index >= 15 is 0 Å². The van der Waals surface area contributed by atoms with Crippen LogP contribution in [0.3, 0.4) is 0 Å². The van der Waals surface area contributed by atoms with Crippen LogP contribution >= 0.6 is 8.58 Å². The Labute approximate surface area is 202 Å². The topological polar surface area (TPSA) is 37.3 Å². The summed E-state index contributed by atoms with van der Waals surface area (Å²) in [5.74, 6) is -0.0255. The van der Waals surface area contributed by atoms with Crippen molar-refractivity contribution < 1.29 is 14.3 Å². The fourth-order valence-electron chi connectivity index (χ4n) is 4.40. The molecule has 2 aromatic rings. The van der Waals surface area contributed by atoms with Gasteiger partial charge in [-0.3, -0.25) is 4.79 Å². The average molecular weight is 473 g/mol. The largest absolute Gasteiger partial charge is 0.507 e. The maximum absolute atomic E-state index is 13.9. The molecule has 0 saturated heterocycles. The SMILES string of the molecule is CCCCCC(CC)(Pc1ccc(F)cc1C=O)c1cc(C(C)(C)C)cc(C(C)(C)C)c1O. The number of phenolic OH excluding ortho intramolecular Hbond substituents is 1. The lowest BCUT2D eigenvalue weighted by molar-refractivity contribution is 0.112. The molecule has 0 aliphatic rings. The van der Waals surface area contributed by atoms with Gasteiger partial charge in [0.1, 0.15) is 11.6 Å². The first-order chi connectivity index (χ1) is 15.3. The Hall–Kier alpha value is -1.73. The fourth-order valence-corrected chi connectivity index (χ4v) is 6.17. The maximum atomic E-state index is 13.9. The van der Waals surface area contributed by atoms with Crippen molar-refractivity contribution >= 4 is 20.2 Å². The van der Waals surface area contributed by atoms with Crippen LogP contribution in [0.4, 0.5) is 4.39 Å². The molecule has 0 spiro atoms. The van der Waals surface area contributed by atoms with Gasteiger partial charge < -0.3 is 5.11 Å². The molecule has 0 aromatic heterocycles. The Morgan fingerprint density at radius 1 is 0.939 bits per heavy atom. The van der Waals surface area contributed by atoms with E-state index in [1.165, 1.54) is 17.7 Å². The quantitative estimate of drug-likeness (QED) is 0.227. The summed E-state index contributed by atoms with van der Waals surface area (Å²) in [6.07, 6.45) is 5.76. The predicted octanol–water partition coefficient (Wildman–Crippen LogP) is 8.13. The zero-order chi connectivity index (χ0) is 25.0. The van der Waals surface area contributed by atoms with Gasteiger partial charge in [-0.2, -0.15) is 0 Å². The smallest absolute Gasteiger partial charge is 0.150 e. The molecule has 0 amide bonds. The lowest BCUT2D eigenvalue weighted by Crippen LogP contribution is -2.27. The standard InChI is InChI=1S/C29H42FO2P/c1-9-11-12-15-29(10-2,33-25-14-13-22(30)16-20(25)19-31)24-18-21(27(3,4)5)17-23(26(24)32)28(6,7)8/h13-14,16-19,32-33H,9-12,15H2,1-8H3. The van der Waals surface area contributed by atoms with Gasteiger partial charge in [-0.1, -0.05) is 101 Å². The minimum Gasteiger partial charge on any atom is -0.507 e. The Morgan fingerprint density at radius 3 is 2.09 bits per heavy atom. The number of hydrogen-bond donors (Lipinski definition) is 1. The number of carbonyl (C=O) groups excluding carboxylic acids is 1. The average Bonchev–Trinajstić information content (AvgIpc) is 2.72. The second-order valence-electron chi connectivity index (χ2n) is 11.3. The number of rotatable bonds is 9. The van der Waals surface area contributed by atoms with Crippen LogP contribution in [-0.2, 0) is 16.0 Å². The van der Waals surface area contributed by atoms with E-state index in [9.17, 15) is 14.3 Å².